The van der Waals surface area contributed by atoms with Crippen LogP contribution in [0, 0.1) is 5.41 Å². The number of rotatable bonds is 7. The molecule has 1 atom stereocenters. The Morgan fingerprint density at radius 3 is 2.31 bits per heavy atom. The fraction of sp³-hybridized carbons (Fsp3) is 0.778. The summed E-state index contributed by atoms with van der Waals surface area (Å²) in [6, 6.07) is 7.39. The zero-order chi connectivity index (χ0) is 21.8. The third-order valence-corrected chi connectivity index (χ3v) is 8.17. The van der Waals surface area contributed by atoms with E-state index in [0.717, 1.165) is 19.5 Å². The Balaban J connectivity index is 0.00000289. The van der Waals surface area contributed by atoms with Gasteiger partial charge in [0, 0.05) is 57.8 Å². The van der Waals surface area contributed by atoms with Gasteiger partial charge in [0.1, 0.15) is 0 Å². The SMILES string of the molecule is CCCCN1CCN(c2ccc(N3CCC(OC)C3)cc2C2CCC(C)(C)CC2)CC1.Cl. The molecule has 3 aliphatic rings. The topological polar surface area (TPSA) is 19.0 Å². The van der Waals surface area contributed by atoms with Crippen LogP contribution in [-0.2, 0) is 4.74 Å². The highest BCUT2D eigenvalue weighted by atomic mass is 35.5. The second-order valence-electron chi connectivity index (χ2n) is 11.0. The molecule has 1 saturated carbocycles. The molecule has 2 heterocycles. The number of nitrogens with zero attached hydrogens (tertiary/aromatic N) is 3. The summed E-state index contributed by atoms with van der Waals surface area (Å²) in [7, 11) is 1.85. The number of piperazine rings is 1. The van der Waals surface area contributed by atoms with Gasteiger partial charge in [-0.05, 0) is 80.2 Å². The molecule has 0 radical (unpaired) electrons. The number of hydrogen-bond acceptors (Lipinski definition) is 4. The largest absolute Gasteiger partial charge is 0.380 e. The van der Waals surface area contributed by atoms with Crippen LogP contribution in [0.15, 0.2) is 18.2 Å². The Labute approximate surface area is 203 Å². The maximum absolute atomic E-state index is 5.63. The number of unbranched alkanes of at least 4 members (excludes halogenated alkanes) is 1. The molecule has 0 spiro atoms. The summed E-state index contributed by atoms with van der Waals surface area (Å²) in [5.74, 6) is 0.710. The van der Waals surface area contributed by atoms with E-state index in [9.17, 15) is 0 Å². The molecule has 1 aromatic rings. The van der Waals surface area contributed by atoms with E-state index in [4.69, 9.17) is 4.74 Å². The molecule has 4 nitrogen and oxygen atoms in total. The van der Waals surface area contributed by atoms with Crippen molar-refractivity contribution in [3.63, 3.8) is 0 Å². The van der Waals surface area contributed by atoms with Gasteiger partial charge in [-0.1, -0.05) is 27.2 Å². The minimum atomic E-state index is 0. The molecule has 1 aromatic carbocycles. The van der Waals surface area contributed by atoms with Crippen LogP contribution in [0.5, 0.6) is 0 Å². The molecular weight excluding hydrogens is 418 g/mol. The van der Waals surface area contributed by atoms with Crippen molar-refractivity contribution in [3.8, 4) is 0 Å². The van der Waals surface area contributed by atoms with Crippen LogP contribution >= 0.6 is 12.4 Å². The van der Waals surface area contributed by atoms with E-state index in [1.165, 1.54) is 82.6 Å². The fourth-order valence-corrected chi connectivity index (χ4v) is 5.81. The van der Waals surface area contributed by atoms with Crippen molar-refractivity contribution >= 4 is 23.8 Å². The standard InChI is InChI=1S/C27H45N3O.ClH/c1-5-6-14-28-16-18-29(19-17-28)26-8-7-23(30-15-11-24(21-30)31-4)20-25(26)22-9-12-27(2,3)13-10-22;/h7-8,20,22,24H,5-6,9-19,21H2,1-4H3;1H. The zero-order valence-electron chi connectivity index (χ0n) is 20.9. The molecule has 2 saturated heterocycles. The van der Waals surface area contributed by atoms with Gasteiger partial charge in [-0.3, -0.25) is 4.90 Å². The van der Waals surface area contributed by atoms with Crippen molar-refractivity contribution in [2.75, 3.05) is 62.7 Å². The normalized spacial score (nSPS) is 24.6. The number of ether oxygens (including phenoxy) is 1. The van der Waals surface area contributed by atoms with Gasteiger partial charge in [-0.2, -0.15) is 0 Å². The van der Waals surface area contributed by atoms with E-state index >= 15 is 0 Å². The highest BCUT2D eigenvalue weighted by Gasteiger charge is 2.31. The molecule has 0 amide bonds. The summed E-state index contributed by atoms with van der Waals surface area (Å²) >= 11 is 0. The fourth-order valence-electron chi connectivity index (χ4n) is 5.81. The Kier molecular flexibility index (Phi) is 9.17. The third-order valence-electron chi connectivity index (χ3n) is 8.17. The van der Waals surface area contributed by atoms with Gasteiger partial charge >= 0.3 is 0 Å². The van der Waals surface area contributed by atoms with Gasteiger partial charge in [0.25, 0.3) is 0 Å². The zero-order valence-corrected chi connectivity index (χ0v) is 21.8. The average Bonchev–Trinajstić information content (AvgIpc) is 3.27. The number of anilines is 2. The molecule has 3 fully saturated rings. The summed E-state index contributed by atoms with van der Waals surface area (Å²) in [5.41, 5.74) is 5.06. The Morgan fingerprint density at radius 2 is 1.69 bits per heavy atom. The predicted octanol–water partition coefficient (Wildman–Crippen LogP) is 5.94. The highest BCUT2D eigenvalue weighted by Crippen LogP contribution is 2.46. The number of methoxy groups -OCH3 is 1. The summed E-state index contributed by atoms with van der Waals surface area (Å²) in [5, 5.41) is 0. The van der Waals surface area contributed by atoms with Gasteiger partial charge in [0.15, 0.2) is 0 Å². The minimum Gasteiger partial charge on any atom is -0.380 e. The van der Waals surface area contributed by atoms with Crippen molar-refractivity contribution in [2.24, 2.45) is 5.41 Å². The van der Waals surface area contributed by atoms with Crippen molar-refractivity contribution in [1.82, 2.24) is 4.90 Å². The van der Waals surface area contributed by atoms with Gasteiger partial charge in [-0.15, -0.1) is 12.4 Å². The van der Waals surface area contributed by atoms with Crippen LogP contribution in [-0.4, -0.2) is 63.9 Å². The van der Waals surface area contributed by atoms with E-state index in [2.05, 4.69) is 53.7 Å². The molecule has 0 bridgehead atoms. The molecular formula is C27H46ClN3O. The highest BCUT2D eigenvalue weighted by molar-refractivity contribution is 5.85. The van der Waals surface area contributed by atoms with Crippen LogP contribution in [0.3, 0.4) is 0 Å². The lowest BCUT2D eigenvalue weighted by atomic mass is 9.71. The second kappa shape index (κ2) is 11.4. The third kappa shape index (κ3) is 6.12. The number of hydrogen-bond donors (Lipinski definition) is 0. The van der Waals surface area contributed by atoms with Gasteiger partial charge in [-0.25, -0.2) is 0 Å². The van der Waals surface area contributed by atoms with Crippen LogP contribution < -0.4 is 9.80 Å². The molecule has 1 aliphatic carbocycles. The van der Waals surface area contributed by atoms with Gasteiger partial charge < -0.3 is 14.5 Å². The first-order valence-corrected chi connectivity index (χ1v) is 12.9. The average molecular weight is 464 g/mol. The molecule has 32 heavy (non-hydrogen) atoms. The lowest BCUT2D eigenvalue weighted by molar-refractivity contribution is 0.121. The quantitative estimate of drug-likeness (QED) is 0.498. The van der Waals surface area contributed by atoms with Gasteiger partial charge in [0.2, 0.25) is 0 Å². The molecule has 182 valence electrons. The van der Waals surface area contributed by atoms with Crippen molar-refractivity contribution in [2.45, 2.75) is 77.7 Å². The van der Waals surface area contributed by atoms with E-state index in [-0.39, 0.29) is 12.4 Å². The summed E-state index contributed by atoms with van der Waals surface area (Å²) in [6.45, 7) is 15.4. The van der Waals surface area contributed by atoms with Crippen molar-refractivity contribution in [3.05, 3.63) is 23.8 Å². The summed E-state index contributed by atoms with van der Waals surface area (Å²) < 4.78 is 5.63. The van der Waals surface area contributed by atoms with Crippen molar-refractivity contribution in [1.29, 1.82) is 0 Å². The number of benzene rings is 1. The molecule has 4 rings (SSSR count). The van der Waals surface area contributed by atoms with E-state index < -0.39 is 0 Å². The molecule has 1 unspecified atom stereocenters. The maximum Gasteiger partial charge on any atom is 0.0762 e. The van der Waals surface area contributed by atoms with Crippen molar-refractivity contribution < 1.29 is 4.74 Å². The minimum absolute atomic E-state index is 0. The summed E-state index contributed by atoms with van der Waals surface area (Å²) in [6.07, 6.45) is 9.52. The van der Waals surface area contributed by atoms with Crippen LogP contribution in [0.25, 0.3) is 0 Å². The van der Waals surface area contributed by atoms with Gasteiger partial charge in [0.05, 0.1) is 6.10 Å². The molecule has 5 heteroatoms. The Hall–Kier alpha value is -0.970. The first-order valence-electron chi connectivity index (χ1n) is 12.9. The Bertz CT molecular complexity index is 707. The smallest absolute Gasteiger partial charge is 0.0762 e. The summed E-state index contributed by atoms with van der Waals surface area (Å²) in [4.78, 5) is 7.88. The Morgan fingerprint density at radius 1 is 0.969 bits per heavy atom. The van der Waals surface area contributed by atoms with Crippen LogP contribution in [0.1, 0.15) is 77.2 Å². The molecule has 2 aliphatic heterocycles. The van der Waals surface area contributed by atoms with E-state index in [0.29, 0.717) is 17.4 Å². The van der Waals surface area contributed by atoms with Crippen LogP contribution in [0.2, 0.25) is 0 Å². The first-order chi connectivity index (χ1) is 15.0. The predicted molar refractivity (Wildman–Crippen MR) is 140 cm³/mol. The monoisotopic (exact) mass is 463 g/mol. The molecule has 0 N–H and O–H groups in total. The number of halogens is 1. The maximum atomic E-state index is 5.63. The molecule has 0 aromatic heterocycles. The second-order valence-corrected chi connectivity index (χ2v) is 11.0. The van der Waals surface area contributed by atoms with E-state index in [1.54, 1.807) is 5.56 Å². The van der Waals surface area contributed by atoms with Crippen LogP contribution in [0.4, 0.5) is 11.4 Å². The first kappa shape index (κ1) is 25.6. The van der Waals surface area contributed by atoms with E-state index in [1.807, 2.05) is 7.11 Å². The lowest BCUT2D eigenvalue weighted by Gasteiger charge is -2.40. The lowest BCUT2D eigenvalue weighted by Crippen LogP contribution is -2.47.